The number of carbonyl (C=O) groups is 2. The van der Waals surface area contributed by atoms with Gasteiger partial charge >= 0.3 is 6.09 Å². The normalized spacial score (nSPS) is 15.6. The zero-order chi connectivity index (χ0) is 19.6. The molecule has 3 N–H and O–H groups in total. The van der Waals surface area contributed by atoms with Crippen molar-refractivity contribution < 1.29 is 14.3 Å². The summed E-state index contributed by atoms with van der Waals surface area (Å²) in [4.78, 5) is 28.5. The number of amides is 2. The van der Waals surface area contributed by atoms with Gasteiger partial charge in [0.05, 0.1) is 5.92 Å². The molecule has 0 radical (unpaired) electrons. The van der Waals surface area contributed by atoms with Gasteiger partial charge in [-0.1, -0.05) is 36.4 Å². The number of primary amides is 1. The van der Waals surface area contributed by atoms with Crippen molar-refractivity contribution in [2.75, 3.05) is 5.32 Å². The van der Waals surface area contributed by atoms with Crippen molar-refractivity contribution in [2.24, 2.45) is 5.73 Å². The number of ether oxygens (including phenoxy) is 1. The van der Waals surface area contributed by atoms with Crippen LogP contribution in [0.25, 0.3) is 10.8 Å². The van der Waals surface area contributed by atoms with Crippen LogP contribution in [-0.4, -0.2) is 22.6 Å². The summed E-state index contributed by atoms with van der Waals surface area (Å²) in [6.45, 7) is 0. The SMILES string of the molecule is NC(=O)OC1(CC(C(=O)Nc2ccc3cnccc3c2)c2ccccc2)CC1. The summed E-state index contributed by atoms with van der Waals surface area (Å²) >= 11 is 0. The van der Waals surface area contributed by atoms with Crippen LogP contribution in [0.2, 0.25) is 0 Å². The van der Waals surface area contributed by atoms with Crippen LogP contribution in [0, 0.1) is 0 Å². The van der Waals surface area contributed by atoms with Gasteiger partial charge in [-0.2, -0.15) is 0 Å². The van der Waals surface area contributed by atoms with Crippen molar-refractivity contribution in [1.29, 1.82) is 0 Å². The number of anilines is 1. The number of pyridine rings is 1. The fraction of sp³-hybridized carbons (Fsp3) is 0.227. The van der Waals surface area contributed by atoms with Crippen LogP contribution in [0.15, 0.2) is 67.0 Å². The molecule has 0 spiro atoms. The first-order valence-corrected chi connectivity index (χ1v) is 9.23. The van der Waals surface area contributed by atoms with Gasteiger partial charge in [-0.15, -0.1) is 0 Å². The number of hydrogen-bond donors (Lipinski definition) is 2. The first-order valence-electron chi connectivity index (χ1n) is 9.23. The van der Waals surface area contributed by atoms with Crippen LogP contribution in [-0.2, 0) is 9.53 Å². The number of nitrogens with two attached hydrogens (primary N) is 1. The lowest BCUT2D eigenvalue weighted by atomic mass is 9.91. The van der Waals surface area contributed by atoms with Gasteiger partial charge in [-0.05, 0) is 42.0 Å². The topological polar surface area (TPSA) is 94.3 Å². The van der Waals surface area contributed by atoms with E-state index in [-0.39, 0.29) is 5.91 Å². The van der Waals surface area contributed by atoms with Crippen molar-refractivity contribution in [1.82, 2.24) is 4.98 Å². The van der Waals surface area contributed by atoms with Gasteiger partial charge in [-0.3, -0.25) is 9.78 Å². The summed E-state index contributed by atoms with van der Waals surface area (Å²) in [7, 11) is 0. The Labute approximate surface area is 162 Å². The zero-order valence-electron chi connectivity index (χ0n) is 15.3. The standard InChI is InChI=1S/C22H21N3O3/c23-21(27)28-22(9-10-22)13-19(15-4-2-1-3-5-15)20(26)25-18-7-6-17-14-24-11-8-16(17)12-18/h1-8,11-12,14,19H,9-10,13H2,(H2,23,27)(H,25,26). The van der Waals surface area contributed by atoms with Crippen LogP contribution >= 0.6 is 0 Å². The number of aromatic nitrogens is 1. The van der Waals surface area contributed by atoms with Crippen LogP contribution in [0.5, 0.6) is 0 Å². The summed E-state index contributed by atoms with van der Waals surface area (Å²) in [6.07, 6.45) is 4.55. The molecule has 1 heterocycles. The third-order valence-corrected chi connectivity index (χ3v) is 5.13. The van der Waals surface area contributed by atoms with E-state index in [1.807, 2.05) is 54.6 Å². The van der Waals surface area contributed by atoms with Crippen molar-refractivity contribution in [3.8, 4) is 0 Å². The van der Waals surface area contributed by atoms with E-state index in [0.29, 0.717) is 12.1 Å². The van der Waals surface area contributed by atoms with Crippen LogP contribution in [0.3, 0.4) is 0 Å². The van der Waals surface area contributed by atoms with Crippen LogP contribution in [0.1, 0.15) is 30.7 Å². The molecule has 6 heteroatoms. The second-order valence-corrected chi connectivity index (χ2v) is 7.20. The van der Waals surface area contributed by atoms with E-state index in [1.54, 1.807) is 12.4 Å². The molecule has 1 aliphatic rings. The molecule has 1 aromatic heterocycles. The molecule has 1 unspecified atom stereocenters. The fourth-order valence-electron chi connectivity index (χ4n) is 3.51. The number of hydrogen-bond acceptors (Lipinski definition) is 4. The van der Waals surface area contributed by atoms with E-state index < -0.39 is 17.6 Å². The third-order valence-electron chi connectivity index (χ3n) is 5.13. The van der Waals surface area contributed by atoms with E-state index in [9.17, 15) is 9.59 Å². The molecule has 0 saturated heterocycles. The molecule has 1 aliphatic carbocycles. The largest absolute Gasteiger partial charge is 0.443 e. The molecule has 6 nitrogen and oxygen atoms in total. The first-order chi connectivity index (χ1) is 13.5. The Hall–Kier alpha value is -3.41. The second kappa shape index (κ2) is 7.31. The minimum atomic E-state index is -0.798. The van der Waals surface area contributed by atoms with Gasteiger partial charge in [0.25, 0.3) is 0 Å². The van der Waals surface area contributed by atoms with Gasteiger partial charge < -0.3 is 15.8 Å². The molecular weight excluding hydrogens is 354 g/mol. The maximum atomic E-state index is 13.1. The number of carbonyl (C=O) groups excluding carboxylic acids is 2. The lowest BCUT2D eigenvalue weighted by molar-refractivity contribution is -0.118. The Morgan fingerprint density at radius 3 is 2.61 bits per heavy atom. The Bertz CT molecular complexity index is 1020. The van der Waals surface area contributed by atoms with E-state index in [2.05, 4.69) is 10.3 Å². The lowest BCUT2D eigenvalue weighted by Crippen LogP contribution is -2.30. The number of nitrogens with one attached hydrogen (secondary N) is 1. The molecule has 2 aromatic carbocycles. The van der Waals surface area contributed by atoms with Gasteiger partial charge in [0.2, 0.25) is 5.91 Å². The highest BCUT2D eigenvalue weighted by Crippen LogP contribution is 2.47. The number of nitrogens with zero attached hydrogens (tertiary/aromatic N) is 1. The van der Waals surface area contributed by atoms with Crippen molar-refractivity contribution in [3.05, 3.63) is 72.6 Å². The van der Waals surface area contributed by atoms with E-state index in [0.717, 1.165) is 29.2 Å². The smallest absolute Gasteiger partial charge is 0.405 e. The summed E-state index contributed by atoms with van der Waals surface area (Å²) < 4.78 is 5.31. The molecule has 2 amide bonds. The minimum absolute atomic E-state index is 0.140. The summed E-state index contributed by atoms with van der Waals surface area (Å²) in [5.74, 6) is -0.588. The molecule has 1 saturated carbocycles. The van der Waals surface area contributed by atoms with Crippen molar-refractivity contribution in [3.63, 3.8) is 0 Å². The third kappa shape index (κ3) is 3.96. The Morgan fingerprint density at radius 2 is 1.89 bits per heavy atom. The van der Waals surface area contributed by atoms with E-state index in [1.165, 1.54) is 0 Å². The maximum absolute atomic E-state index is 13.1. The monoisotopic (exact) mass is 375 g/mol. The Kier molecular flexibility index (Phi) is 4.69. The fourth-order valence-corrected chi connectivity index (χ4v) is 3.51. The maximum Gasteiger partial charge on any atom is 0.405 e. The Morgan fingerprint density at radius 1 is 1.11 bits per heavy atom. The van der Waals surface area contributed by atoms with Crippen molar-refractivity contribution >= 4 is 28.5 Å². The average molecular weight is 375 g/mol. The quantitative estimate of drug-likeness (QED) is 0.681. The van der Waals surface area contributed by atoms with Crippen LogP contribution < -0.4 is 11.1 Å². The first kappa shape index (κ1) is 18.0. The van der Waals surface area contributed by atoms with E-state index in [4.69, 9.17) is 10.5 Å². The molecule has 28 heavy (non-hydrogen) atoms. The number of rotatable bonds is 6. The molecule has 3 aromatic rings. The molecule has 0 bridgehead atoms. The summed E-state index contributed by atoms with van der Waals surface area (Å²) in [5, 5.41) is 5.01. The number of fused-ring (bicyclic) bond motifs is 1. The van der Waals surface area contributed by atoms with Gasteiger partial charge in [0.1, 0.15) is 5.60 Å². The molecule has 1 atom stereocenters. The molecule has 4 rings (SSSR count). The van der Waals surface area contributed by atoms with Gasteiger partial charge in [0.15, 0.2) is 0 Å². The second-order valence-electron chi connectivity index (χ2n) is 7.20. The predicted octanol–water partition coefficient (Wildman–Crippen LogP) is 3.98. The summed E-state index contributed by atoms with van der Waals surface area (Å²) in [6, 6.07) is 17.1. The zero-order valence-corrected chi connectivity index (χ0v) is 15.3. The van der Waals surface area contributed by atoms with Crippen LogP contribution in [0.4, 0.5) is 10.5 Å². The highest BCUT2D eigenvalue weighted by Gasteiger charge is 2.49. The summed E-state index contributed by atoms with van der Waals surface area (Å²) in [5.41, 5.74) is 6.17. The Balaban J connectivity index is 1.58. The molecule has 1 fully saturated rings. The minimum Gasteiger partial charge on any atom is -0.443 e. The molecule has 142 valence electrons. The molecule has 0 aliphatic heterocycles. The average Bonchev–Trinajstić information content (AvgIpc) is 3.45. The molecular formula is C22H21N3O3. The highest BCUT2D eigenvalue weighted by molar-refractivity contribution is 5.98. The number of benzene rings is 2. The highest BCUT2D eigenvalue weighted by atomic mass is 16.6. The van der Waals surface area contributed by atoms with Crippen molar-refractivity contribution in [2.45, 2.75) is 30.8 Å². The van der Waals surface area contributed by atoms with Gasteiger partial charge in [-0.25, -0.2) is 4.79 Å². The lowest BCUT2D eigenvalue weighted by Gasteiger charge is -2.23. The van der Waals surface area contributed by atoms with E-state index >= 15 is 0 Å². The predicted molar refractivity (Wildman–Crippen MR) is 107 cm³/mol. The van der Waals surface area contributed by atoms with Gasteiger partial charge in [0, 0.05) is 29.9 Å².